The van der Waals surface area contributed by atoms with Crippen LogP contribution in [0, 0.1) is 15.9 Å². The largest absolute Gasteiger partial charge is 0.348 e. The summed E-state index contributed by atoms with van der Waals surface area (Å²) >= 11 is 3.56. The lowest BCUT2D eigenvalue weighted by molar-refractivity contribution is -0.385. The first-order valence-corrected chi connectivity index (χ1v) is 7.79. The van der Waals surface area contributed by atoms with Crippen LogP contribution in [0.1, 0.15) is 42.5 Å². The van der Waals surface area contributed by atoms with Gasteiger partial charge < -0.3 is 5.32 Å². The van der Waals surface area contributed by atoms with Gasteiger partial charge in [-0.05, 0) is 18.9 Å². The maximum atomic E-state index is 13.4. The molecule has 5 nitrogen and oxygen atoms in total. The number of hydrogen-bond acceptors (Lipinski definition) is 3. The van der Waals surface area contributed by atoms with Crippen molar-refractivity contribution < 1.29 is 14.1 Å². The van der Waals surface area contributed by atoms with Crippen LogP contribution in [0.3, 0.4) is 0 Å². The van der Waals surface area contributed by atoms with Crippen molar-refractivity contribution in [2.45, 2.75) is 43.0 Å². The van der Waals surface area contributed by atoms with Crippen molar-refractivity contribution in [1.29, 1.82) is 0 Å². The highest BCUT2D eigenvalue weighted by Gasteiger charge is 2.24. The van der Waals surface area contributed by atoms with Crippen LogP contribution in [0.2, 0.25) is 0 Å². The number of nitro groups is 1. The van der Waals surface area contributed by atoms with E-state index in [1.807, 2.05) is 0 Å². The van der Waals surface area contributed by atoms with Crippen LogP contribution in [-0.2, 0) is 0 Å². The molecule has 0 heterocycles. The molecule has 2 unspecified atom stereocenters. The normalized spacial score (nSPS) is 22.4. The summed E-state index contributed by atoms with van der Waals surface area (Å²) in [4.78, 5) is 22.4. The molecule has 1 fully saturated rings. The van der Waals surface area contributed by atoms with Gasteiger partial charge in [-0.1, -0.05) is 35.2 Å². The number of rotatable bonds is 3. The van der Waals surface area contributed by atoms with Gasteiger partial charge in [-0.2, -0.15) is 0 Å². The highest BCUT2D eigenvalue weighted by Crippen LogP contribution is 2.24. The number of carbonyl (C=O) groups is 1. The van der Waals surface area contributed by atoms with E-state index in [0.29, 0.717) is 0 Å². The first-order chi connectivity index (χ1) is 9.97. The average Bonchev–Trinajstić information content (AvgIpc) is 2.63. The first-order valence-electron chi connectivity index (χ1n) is 6.87. The molecule has 1 aromatic rings. The number of benzene rings is 1. The van der Waals surface area contributed by atoms with E-state index < -0.39 is 22.3 Å². The number of amides is 1. The molecule has 0 saturated heterocycles. The lowest BCUT2D eigenvalue weighted by atomic mass is 10.1. The van der Waals surface area contributed by atoms with Crippen LogP contribution in [-0.4, -0.2) is 21.7 Å². The van der Waals surface area contributed by atoms with Gasteiger partial charge in [-0.15, -0.1) is 0 Å². The van der Waals surface area contributed by atoms with Crippen molar-refractivity contribution in [3.8, 4) is 0 Å². The second-order valence-corrected chi connectivity index (χ2v) is 6.37. The van der Waals surface area contributed by atoms with Gasteiger partial charge in [0.15, 0.2) is 0 Å². The molecule has 0 radical (unpaired) electrons. The van der Waals surface area contributed by atoms with E-state index in [0.717, 1.165) is 50.3 Å². The Balaban J connectivity index is 2.14. The van der Waals surface area contributed by atoms with Crippen LogP contribution in [0.15, 0.2) is 18.2 Å². The summed E-state index contributed by atoms with van der Waals surface area (Å²) in [6.07, 6.45) is 5.07. The van der Waals surface area contributed by atoms with Crippen LogP contribution < -0.4 is 5.32 Å². The number of halogens is 2. The molecular weight excluding hydrogens is 343 g/mol. The van der Waals surface area contributed by atoms with Crippen LogP contribution in [0.5, 0.6) is 0 Å². The molecule has 1 aliphatic rings. The standard InChI is InChI=1S/C14H16BrFN2O3/c15-12-4-2-1-3-5-13(12)17-14(19)9-6-10(16)8-11(7-9)18(20)21/h6-8,12-13H,1-5H2,(H,17,19). The zero-order valence-corrected chi connectivity index (χ0v) is 12.9. The van der Waals surface area contributed by atoms with Crippen molar-refractivity contribution in [2.75, 3.05) is 0 Å². The number of nitrogens with one attached hydrogen (secondary N) is 1. The molecule has 1 amide bonds. The fraction of sp³-hybridized carbons (Fsp3) is 0.500. The summed E-state index contributed by atoms with van der Waals surface area (Å²) in [6, 6.07) is 2.87. The van der Waals surface area contributed by atoms with E-state index in [1.165, 1.54) is 0 Å². The third-order valence-corrected chi connectivity index (χ3v) is 4.70. The minimum Gasteiger partial charge on any atom is -0.348 e. The van der Waals surface area contributed by atoms with E-state index in [1.54, 1.807) is 0 Å². The van der Waals surface area contributed by atoms with Gasteiger partial charge >= 0.3 is 0 Å². The molecule has 1 N–H and O–H groups in total. The van der Waals surface area contributed by atoms with Crippen LogP contribution >= 0.6 is 15.9 Å². The molecular formula is C14H16BrFN2O3. The second kappa shape index (κ2) is 6.98. The minimum absolute atomic E-state index is 0.0225. The first kappa shape index (κ1) is 15.9. The molecule has 21 heavy (non-hydrogen) atoms. The SMILES string of the molecule is O=C(NC1CCCCCC1Br)c1cc(F)cc([N+](=O)[O-])c1. The second-order valence-electron chi connectivity index (χ2n) is 5.19. The number of carbonyl (C=O) groups excluding carboxylic acids is 1. The number of nitrogens with zero attached hydrogens (tertiary/aromatic N) is 1. The molecule has 0 bridgehead atoms. The molecule has 2 atom stereocenters. The Hall–Kier alpha value is -1.50. The van der Waals surface area contributed by atoms with E-state index in [4.69, 9.17) is 0 Å². The van der Waals surface area contributed by atoms with Gasteiger partial charge in [0.1, 0.15) is 5.82 Å². The highest BCUT2D eigenvalue weighted by molar-refractivity contribution is 9.09. The summed E-state index contributed by atoms with van der Waals surface area (Å²) in [5.41, 5.74) is -0.443. The molecule has 1 aliphatic carbocycles. The predicted molar refractivity (Wildman–Crippen MR) is 80.1 cm³/mol. The summed E-state index contributed by atoms with van der Waals surface area (Å²) in [6.45, 7) is 0. The Morgan fingerprint density at radius 3 is 2.71 bits per heavy atom. The minimum atomic E-state index is -0.786. The van der Waals surface area contributed by atoms with Crippen molar-refractivity contribution >= 4 is 27.5 Å². The smallest absolute Gasteiger partial charge is 0.273 e. The maximum Gasteiger partial charge on any atom is 0.273 e. The van der Waals surface area contributed by atoms with E-state index in [2.05, 4.69) is 21.2 Å². The van der Waals surface area contributed by atoms with Gasteiger partial charge in [0.25, 0.3) is 11.6 Å². The molecule has 1 saturated carbocycles. The third-order valence-electron chi connectivity index (χ3n) is 3.60. The van der Waals surface area contributed by atoms with Crippen LogP contribution in [0.25, 0.3) is 0 Å². The predicted octanol–water partition coefficient (Wildman–Crippen LogP) is 3.56. The molecule has 114 valence electrons. The Morgan fingerprint density at radius 2 is 2.00 bits per heavy atom. The van der Waals surface area contributed by atoms with E-state index in [-0.39, 0.29) is 16.4 Å². The highest BCUT2D eigenvalue weighted by atomic mass is 79.9. The lowest BCUT2D eigenvalue weighted by Gasteiger charge is -2.21. The fourth-order valence-corrected chi connectivity index (χ4v) is 3.21. The zero-order valence-electron chi connectivity index (χ0n) is 11.4. The van der Waals surface area contributed by atoms with Crippen molar-refractivity contribution in [1.82, 2.24) is 5.32 Å². The number of non-ortho nitro benzene ring substituents is 1. The van der Waals surface area contributed by atoms with Crippen LogP contribution in [0.4, 0.5) is 10.1 Å². The topological polar surface area (TPSA) is 72.2 Å². The molecule has 0 aliphatic heterocycles. The summed E-state index contributed by atoms with van der Waals surface area (Å²) in [5.74, 6) is -1.26. The van der Waals surface area contributed by atoms with Gasteiger partial charge in [0.2, 0.25) is 0 Å². The van der Waals surface area contributed by atoms with E-state index in [9.17, 15) is 19.3 Å². The summed E-state index contributed by atoms with van der Waals surface area (Å²) in [5, 5.41) is 13.6. The third kappa shape index (κ3) is 4.23. The Bertz CT molecular complexity index is 553. The number of nitro benzene ring substituents is 1. The van der Waals surface area contributed by atoms with Crippen molar-refractivity contribution in [3.63, 3.8) is 0 Å². The molecule has 0 spiro atoms. The molecule has 1 aromatic carbocycles. The lowest BCUT2D eigenvalue weighted by Crippen LogP contribution is -2.40. The van der Waals surface area contributed by atoms with Gasteiger partial charge in [0.05, 0.1) is 11.0 Å². The fourth-order valence-electron chi connectivity index (χ4n) is 2.49. The zero-order chi connectivity index (χ0) is 15.4. The Labute approximate surface area is 130 Å². The molecule has 7 heteroatoms. The Kier molecular flexibility index (Phi) is 5.27. The quantitative estimate of drug-likeness (QED) is 0.388. The van der Waals surface area contributed by atoms with Crippen molar-refractivity contribution in [3.05, 3.63) is 39.7 Å². The number of alkyl halides is 1. The monoisotopic (exact) mass is 358 g/mol. The van der Waals surface area contributed by atoms with Gasteiger partial charge in [-0.3, -0.25) is 14.9 Å². The van der Waals surface area contributed by atoms with Gasteiger partial charge in [-0.25, -0.2) is 4.39 Å². The Morgan fingerprint density at radius 1 is 1.29 bits per heavy atom. The molecule has 2 rings (SSSR count). The average molecular weight is 359 g/mol. The summed E-state index contributed by atoms with van der Waals surface area (Å²) in [7, 11) is 0. The summed E-state index contributed by atoms with van der Waals surface area (Å²) < 4.78 is 13.4. The molecule has 0 aromatic heterocycles. The maximum absolute atomic E-state index is 13.4. The van der Waals surface area contributed by atoms with Gasteiger partial charge in [0, 0.05) is 22.5 Å². The number of hydrogen-bond donors (Lipinski definition) is 1. The van der Waals surface area contributed by atoms with Crippen molar-refractivity contribution in [2.24, 2.45) is 0 Å². The van der Waals surface area contributed by atoms with E-state index >= 15 is 0 Å².